The summed E-state index contributed by atoms with van der Waals surface area (Å²) in [4.78, 5) is 65.1. The van der Waals surface area contributed by atoms with Crippen molar-refractivity contribution in [2.45, 2.75) is 25.4 Å². The molecule has 1 aromatic carbocycles. The summed E-state index contributed by atoms with van der Waals surface area (Å²) in [5.74, 6) is -3.69. The van der Waals surface area contributed by atoms with Crippen molar-refractivity contribution in [2.24, 2.45) is 0 Å². The molecule has 0 unspecified atom stereocenters. The van der Waals surface area contributed by atoms with Crippen molar-refractivity contribution in [1.29, 1.82) is 0 Å². The summed E-state index contributed by atoms with van der Waals surface area (Å²) in [6.45, 7) is 0.0999. The van der Waals surface area contributed by atoms with Crippen LogP contribution in [-0.2, 0) is 16.1 Å². The molecule has 174 valence electrons. The van der Waals surface area contributed by atoms with Crippen LogP contribution in [0.4, 0.5) is 17.5 Å². The Kier molecular flexibility index (Phi) is 5.63. The van der Waals surface area contributed by atoms with Gasteiger partial charge < -0.3 is 31.9 Å². The number of aliphatic carboxylic acids is 2. The Labute approximate surface area is 190 Å². The fraction of sp³-hybridized carbons (Fsp3) is 0.200. The highest BCUT2D eigenvalue weighted by molar-refractivity contribution is 6.09. The average molecular weight is 466 g/mol. The van der Waals surface area contributed by atoms with Gasteiger partial charge in [0.2, 0.25) is 5.95 Å². The molecular formula is C20H18N8O6. The number of aromatic nitrogens is 4. The number of nitrogens with one attached hydrogen (secondary N) is 1. The molecule has 2 amide bonds. The van der Waals surface area contributed by atoms with E-state index in [0.717, 1.165) is 0 Å². The SMILES string of the molecule is Nc1nc(N)c2nc3c(nc2n1)C(=O)N(c1ccc(C(=O)N[C@@H](CCC(=O)O)C(=O)O)cc1)C3. The second-order valence-corrected chi connectivity index (χ2v) is 7.39. The molecule has 1 aliphatic heterocycles. The molecule has 2 aromatic heterocycles. The number of amides is 2. The molecule has 4 rings (SSSR count). The highest BCUT2D eigenvalue weighted by Gasteiger charge is 2.33. The summed E-state index contributed by atoms with van der Waals surface area (Å²) in [7, 11) is 0. The molecule has 0 aliphatic carbocycles. The van der Waals surface area contributed by atoms with Gasteiger partial charge in [-0.3, -0.25) is 14.4 Å². The molecular weight excluding hydrogens is 448 g/mol. The van der Waals surface area contributed by atoms with Crippen LogP contribution in [0.1, 0.15) is 39.4 Å². The van der Waals surface area contributed by atoms with Gasteiger partial charge in [0.1, 0.15) is 6.04 Å². The van der Waals surface area contributed by atoms with E-state index in [4.69, 9.17) is 16.6 Å². The van der Waals surface area contributed by atoms with Gasteiger partial charge >= 0.3 is 11.9 Å². The van der Waals surface area contributed by atoms with E-state index in [1.54, 1.807) is 0 Å². The van der Waals surface area contributed by atoms with Crippen molar-refractivity contribution < 1.29 is 29.4 Å². The van der Waals surface area contributed by atoms with Crippen LogP contribution in [0.2, 0.25) is 0 Å². The van der Waals surface area contributed by atoms with Crippen molar-refractivity contribution in [1.82, 2.24) is 25.3 Å². The zero-order chi connectivity index (χ0) is 24.6. The lowest BCUT2D eigenvalue weighted by atomic mass is 10.1. The number of anilines is 3. The minimum absolute atomic E-state index is 0.0436. The normalized spacial score (nSPS) is 13.5. The number of carbonyl (C=O) groups is 4. The number of hydrogen-bond acceptors (Lipinski definition) is 10. The van der Waals surface area contributed by atoms with Crippen LogP contribution in [0.15, 0.2) is 24.3 Å². The number of nitrogens with zero attached hydrogens (tertiary/aromatic N) is 5. The Morgan fingerprint density at radius 2 is 1.76 bits per heavy atom. The highest BCUT2D eigenvalue weighted by Crippen LogP contribution is 2.28. The Balaban J connectivity index is 1.52. The Morgan fingerprint density at radius 3 is 2.41 bits per heavy atom. The fourth-order valence-electron chi connectivity index (χ4n) is 3.42. The number of nitrogens with two attached hydrogens (primary N) is 2. The number of rotatable bonds is 7. The first-order valence-corrected chi connectivity index (χ1v) is 9.91. The third-order valence-corrected chi connectivity index (χ3v) is 5.09. The standard InChI is InChI=1S/C20H18N8O6/c21-15-14-16(27-20(22)26-15)25-13-11(23-14)7-28(18(13)32)9-3-1-8(2-4-9)17(31)24-10(19(33)34)5-6-12(29)30/h1-4,10H,5-7H2,(H,24,31)(H,29,30)(H,33,34)(H4,21,22,25,26,27)/t10-/m0/s1. The van der Waals surface area contributed by atoms with E-state index in [2.05, 4.69) is 25.3 Å². The molecule has 34 heavy (non-hydrogen) atoms. The Bertz CT molecular complexity index is 1340. The molecule has 0 bridgehead atoms. The monoisotopic (exact) mass is 466 g/mol. The van der Waals surface area contributed by atoms with E-state index in [9.17, 15) is 24.3 Å². The van der Waals surface area contributed by atoms with Crippen molar-refractivity contribution in [3.8, 4) is 0 Å². The minimum Gasteiger partial charge on any atom is -0.481 e. The zero-order valence-corrected chi connectivity index (χ0v) is 17.4. The third-order valence-electron chi connectivity index (χ3n) is 5.09. The largest absolute Gasteiger partial charge is 0.481 e. The average Bonchev–Trinajstić information content (AvgIpc) is 3.10. The Morgan fingerprint density at radius 1 is 1.06 bits per heavy atom. The molecule has 14 nitrogen and oxygen atoms in total. The van der Waals surface area contributed by atoms with Gasteiger partial charge in [-0.15, -0.1) is 0 Å². The number of fused-ring (bicyclic) bond motifs is 2. The third kappa shape index (κ3) is 4.23. The van der Waals surface area contributed by atoms with E-state index in [1.165, 1.54) is 29.2 Å². The van der Waals surface area contributed by atoms with E-state index in [1.807, 2.05) is 0 Å². The van der Waals surface area contributed by atoms with E-state index < -0.39 is 36.2 Å². The maximum absolute atomic E-state index is 12.9. The number of carbonyl (C=O) groups excluding carboxylic acids is 2. The number of benzene rings is 1. The summed E-state index contributed by atoms with van der Waals surface area (Å²) in [5, 5.41) is 20.2. The fourth-order valence-corrected chi connectivity index (χ4v) is 3.42. The molecule has 14 heteroatoms. The van der Waals surface area contributed by atoms with Gasteiger partial charge in [0.15, 0.2) is 22.7 Å². The van der Waals surface area contributed by atoms with Crippen molar-refractivity contribution in [3.05, 3.63) is 41.2 Å². The first-order valence-electron chi connectivity index (χ1n) is 9.91. The van der Waals surface area contributed by atoms with Crippen LogP contribution in [0.5, 0.6) is 0 Å². The van der Waals surface area contributed by atoms with Gasteiger partial charge in [0.05, 0.1) is 12.2 Å². The highest BCUT2D eigenvalue weighted by atomic mass is 16.4. The summed E-state index contributed by atoms with van der Waals surface area (Å²) in [5.41, 5.74) is 12.8. The van der Waals surface area contributed by atoms with Gasteiger partial charge in [-0.05, 0) is 30.7 Å². The molecule has 1 aliphatic rings. The summed E-state index contributed by atoms with van der Waals surface area (Å²) in [6, 6.07) is 4.50. The van der Waals surface area contributed by atoms with Crippen molar-refractivity contribution in [2.75, 3.05) is 16.4 Å². The second-order valence-electron chi connectivity index (χ2n) is 7.39. The van der Waals surface area contributed by atoms with E-state index in [-0.39, 0.29) is 47.2 Å². The second kappa shape index (κ2) is 8.57. The molecule has 3 aromatic rings. The molecule has 0 radical (unpaired) electrons. The smallest absolute Gasteiger partial charge is 0.326 e. The van der Waals surface area contributed by atoms with Crippen LogP contribution in [0, 0.1) is 0 Å². The number of carboxylic acid groups (broad SMARTS) is 2. The van der Waals surface area contributed by atoms with Gasteiger partial charge in [-0.25, -0.2) is 14.8 Å². The maximum atomic E-state index is 12.9. The van der Waals surface area contributed by atoms with E-state index >= 15 is 0 Å². The summed E-state index contributed by atoms with van der Waals surface area (Å²) >= 11 is 0. The Hall–Kier alpha value is -4.88. The quantitative estimate of drug-likeness (QED) is 0.305. The molecule has 1 atom stereocenters. The lowest BCUT2D eigenvalue weighted by Gasteiger charge is -2.16. The predicted molar refractivity (Wildman–Crippen MR) is 117 cm³/mol. The lowest BCUT2D eigenvalue weighted by Crippen LogP contribution is -2.41. The zero-order valence-electron chi connectivity index (χ0n) is 17.4. The van der Waals surface area contributed by atoms with Crippen LogP contribution < -0.4 is 21.7 Å². The summed E-state index contributed by atoms with van der Waals surface area (Å²) < 4.78 is 0. The van der Waals surface area contributed by atoms with E-state index in [0.29, 0.717) is 11.4 Å². The molecule has 0 saturated carbocycles. The van der Waals surface area contributed by atoms with Crippen LogP contribution in [0.25, 0.3) is 11.2 Å². The van der Waals surface area contributed by atoms with Gasteiger partial charge in [-0.2, -0.15) is 9.97 Å². The van der Waals surface area contributed by atoms with Crippen LogP contribution in [-0.4, -0.2) is 59.9 Å². The molecule has 0 fully saturated rings. The minimum atomic E-state index is -1.35. The van der Waals surface area contributed by atoms with Crippen molar-refractivity contribution >= 4 is 52.4 Å². The molecule has 7 N–H and O–H groups in total. The lowest BCUT2D eigenvalue weighted by molar-refractivity contribution is -0.140. The number of carboxylic acids is 2. The molecule has 0 saturated heterocycles. The van der Waals surface area contributed by atoms with Gasteiger partial charge in [0.25, 0.3) is 11.8 Å². The summed E-state index contributed by atoms with van der Waals surface area (Å²) in [6.07, 6.45) is -0.668. The predicted octanol–water partition coefficient (Wildman–Crippen LogP) is -0.208. The number of hydrogen-bond donors (Lipinski definition) is 5. The van der Waals surface area contributed by atoms with Crippen LogP contribution >= 0.6 is 0 Å². The van der Waals surface area contributed by atoms with Crippen molar-refractivity contribution in [3.63, 3.8) is 0 Å². The van der Waals surface area contributed by atoms with Gasteiger partial charge in [-0.1, -0.05) is 0 Å². The molecule has 3 heterocycles. The first kappa shape index (κ1) is 22.3. The first-order chi connectivity index (χ1) is 16.1. The van der Waals surface area contributed by atoms with Gasteiger partial charge in [0, 0.05) is 17.7 Å². The molecule has 0 spiro atoms. The topological polar surface area (TPSA) is 228 Å². The maximum Gasteiger partial charge on any atom is 0.326 e. The number of nitrogen functional groups attached to an aromatic ring is 2. The van der Waals surface area contributed by atoms with Crippen LogP contribution in [0.3, 0.4) is 0 Å².